The number of esters is 1. The van der Waals surface area contributed by atoms with Gasteiger partial charge in [0.2, 0.25) is 5.95 Å². The first-order valence-electron chi connectivity index (χ1n) is 8.57. The molecule has 0 radical (unpaired) electrons. The van der Waals surface area contributed by atoms with Crippen molar-refractivity contribution in [1.82, 2.24) is 24.7 Å². The van der Waals surface area contributed by atoms with E-state index in [1.165, 1.54) is 11.1 Å². The molecule has 0 saturated heterocycles. The zero-order valence-corrected chi connectivity index (χ0v) is 14.2. The fraction of sp³-hybridized carbons (Fsp3) is 0.562. The van der Waals surface area contributed by atoms with Gasteiger partial charge in [-0.3, -0.25) is 4.79 Å². The van der Waals surface area contributed by atoms with Crippen LogP contribution in [0.5, 0.6) is 6.01 Å². The second-order valence-electron chi connectivity index (χ2n) is 5.73. The molecule has 1 aliphatic rings. The fourth-order valence-electron chi connectivity index (χ4n) is 2.66. The maximum absolute atomic E-state index is 11.5. The monoisotopic (exact) mass is 346 g/mol. The van der Waals surface area contributed by atoms with Gasteiger partial charge in [0.05, 0.1) is 6.61 Å². The van der Waals surface area contributed by atoms with Gasteiger partial charge in [-0.15, -0.1) is 0 Å². The van der Waals surface area contributed by atoms with Crippen LogP contribution in [0.2, 0.25) is 0 Å². The highest BCUT2D eigenvalue weighted by Gasteiger charge is 2.18. The van der Waals surface area contributed by atoms with Crippen LogP contribution >= 0.6 is 0 Å². The maximum atomic E-state index is 11.5. The topological polar surface area (TPSA) is 104 Å². The zero-order valence-electron chi connectivity index (χ0n) is 14.2. The van der Waals surface area contributed by atoms with Crippen LogP contribution in [0, 0.1) is 0 Å². The third-order valence-electron chi connectivity index (χ3n) is 3.83. The van der Waals surface area contributed by atoms with E-state index in [0.717, 1.165) is 25.7 Å². The normalized spacial score (nSPS) is 14.9. The lowest BCUT2D eigenvalue weighted by Gasteiger charge is -2.22. The van der Waals surface area contributed by atoms with E-state index < -0.39 is 0 Å². The average Bonchev–Trinajstić information content (AvgIpc) is 3.16. The Balaban J connectivity index is 1.77. The van der Waals surface area contributed by atoms with Gasteiger partial charge < -0.3 is 14.8 Å². The molecule has 1 saturated carbocycles. The van der Waals surface area contributed by atoms with Gasteiger partial charge in [-0.2, -0.15) is 20.1 Å². The van der Waals surface area contributed by atoms with Crippen molar-refractivity contribution < 1.29 is 14.3 Å². The lowest BCUT2D eigenvalue weighted by Crippen LogP contribution is -2.23. The molecule has 1 aliphatic carbocycles. The smallest absolute Gasteiger partial charge is 0.325 e. The minimum atomic E-state index is -0.377. The average molecular weight is 346 g/mol. The molecule has 0 bridgehead atoms. The summed E-state index contributed by atoms with van der Waals surface area (Å²) in [6, 6.07) is 2.01. The number of ether oxygens (including phenoxy) is 2. The third kappa shape index (κ3) is 4.88. The number of hydrogen-bond donors (Lipinski definition) is 1. The van der Waals surface area contributed by atoms with Crippen molar-refractivity contribution >= 4 is 11.9 Å². The predicted molar refractivity (Wildman–Crippen MR) is 89.6 cm³/mol. The Kier molecular flexibility index (Phi) is 5.76. The maximum Gasteiger partial charge on any atom is 0.325 e. The van der Waals surface area contributed by atoms with Gasteiger partial charge in [0.1, 0.15) is 12.6 Å². The van der Waals surface area contributed by atoms with E-state index in [0.29, 0.717) is 12.6 Å². The molecule has 9 heteroatoms. The van der Waals surface area contributed by atoms with Crippen LogP contribution in [0.4, 0.5) is 5.95 Å². The number of carbonyl (C=O) groups excluding carboxylic acids is 1. The van der Waals surface area contributed by atoms with Crippen LogP contribution in [0.25, 0.3) is 5.95 Å². The Morgan fingerprint density at radius 3 is 2.84 bits per heavy atom. The summed E-state index contributed by atoms with van der Waals surface area (Å²) in [4.78, 5) is 24.4. The number of rotatable bonds is 7. The standard InChI is InChI=1S/C16H22N6O3/c1-2-24-13(23)11-17-14-19-15(22-10-6-9-18-22)21-16(20-14)25-12-7-4-3-5-8-12/h6,9-10,12H,2-5,7-8,11H2,1H3,(H,17,19,20,21). The summed E-state index contributed by atoms with van der Waals surface area (Å²) in [5, 5.41) is 6.98. The quantitative estimate of drug-likeness (QED) is 0.756. The highest BCUT2D eigenvalue weighted by molar-refractivity contribution is 5.74. The van der Waals surface area contributed by atoms with Crippen LogP contribution < -0.4 is 10.1 Å². The van der Waals surface area contributed by atoms with Crippen LogP contribution in [0.1, 0.15) is 39.0 Å². The largest absolute Gasteiger partial charge is 0.465 e. The molecule has 134 valence electrons. The van der Waals surface area contributed by atoms with Gasteiger partial charge in [0.25, 0.3) is 5.95 Å². The lowest BCUT2D eigenvalue weighted by molar-refractivity contribution is -0.140. The molecule has 25 heavy (non-hydrogen) atoms. The summed E-state index contributed by atoms with van der Waals surface area (Å²) in [5.74, 6) is 0.204. The summed E-state index contributed by atoms with van der Waals surface area (Å²) >= 11 is 0. The van der Waals surface area contributed by atoms with E-state index in [4.69, 9.17) is 9.47 Å². The summed E-state index contributed by atoms with van der Waals surface area (Å²) in [7, 11) is 0. The molecule has 3 rings (SSSR count). The second-order valence-corrected chi connectivity index (χ2v) is 5.73. The van der Waals surface area contributed by atoms with Gasteiger partial charge in [-0.05, 0) is 38.7 Å². The van der Waals surface area contributed by atoms with Crippen molar-refractivity contribution in [2.45, 2.75) is 45.1 Å². The number of carbonyl (C=O) groups is 1. The van der Waals surface area contributed by atoms with E-state index in [1.54, 1.807) is 25.4 Å². The number of aromatic nitrogens is 5. The molecule has 2 heterocycles. The Morgan fingerprint density at radius 1 is 1.28 bits per heavy atom. The zero-order chi connectivity index (χ0) is 17.5. The third-order valence-corrected chi connectivity index (χ3v) is 3.83. The summed E-state index contributed by atoms with van der Waals surface area (Å²) in [6.45, 7) is 2.05. The molecular formula is C16H22N6O3. The van der Waals surface area contributed by atoms with Crippen LogP contribution in [0.15, 0.2) is 18.5 Å². The Hall–Kier alpha value is -2.71. The Morgan fingerprint density at radius 2 is 2.12 bits per heavy atom. The lowest BCUT2D eigenvalue weighted by atomic mass is 9.98. The molecule has 2 aromatic heterocycles. The van der Waals surface area contributed by atoms with Gasteiger partial charge in [-0.25, -0.2) is 4.68 Å². The van der Waals surface area contributed by atoms with Gasteiger partial charge in [0, 0.05) is 12.4 Å². The molecule has 0 spiro atoms. The van der Waals surface area contributed by atoms with Gasteiger partial charge >= 0.3 is 12.0 Å². The Bertz CT molecular complexity index is 685. The van der Waals surface area contributed by atoms with Crippen LogP contribution in [-0.2, 0) is 9.53 Å². The molecule has 0 atom stereocenters. The summed E-state index contributed by atoms with van der Waals surface area (Å²) < 4.78 is 12.3. The van der Waals surface area contributed by atoms with E-state index in [2.05, 4.69) is 25.4 Å². The predicted octanol–water partition coefficient (Wildman–Crippen LogP) is 1.74. The van der Waals surface area contributed by atoms with Gasteiger partial charge in [-0.1, -0.05) is 6.42 Å². The van der Waals surface area contributed by atoms with Crippen molar-refractivity contribution in [3.05, 3.63) is 18.5 Å². The number of hydrogen-bond acceptors (Lipinski definition) is 8. The van der Waals surface area contributed by atoms with Crippen molar-refractivity contribution in [2.75, 3.05) is 18.5 Å². The Labute approximate surface area is 145 Å². The minimum Gasteiger partial charge on any atom is -0.465 e. The van der Waals surface area contributed by atoms with Crippen molar-refractivity contribution in [2.24, 2.45) is 0 Å². The molecule has 1 N–H and O–H groups in total. The molecule has 2 aromatic rings. The first-order valence-corrected chi connectivity index (χ1v) is 8.57. The molecule has 9 nitrogen and oxygen atoms in total. The first-order chi connectivity index (χ1) is 12.2. The SMILES string of the molecule is CCOC(=O)CNc1nc(OC2CCCCC2)nc(-n2cccn2)n1. The molecule has 0 unspecified atom stereocenters. The van der Waals surface area contributed by atoms with Crippen molar-refractivity contribution in [3.63, 3.8) is 0 Å². The number of nitrogens with one attached hydrogen (secondary N) is 1. The minimum absolute atomic E-state index is 0.0285. The number of anilines is 1. The molecular weight excluding hydrogens is 324 g/mol. The summed E-state index contributed by atoms with van der Waals surface area (Å²) in [6.07, 6.45) is 9.00. The highest BCUT2D eigenvalue weighted by Crippen LogP contribution is 2.22. The van der Waals surface area contributed by atoms with Crippen LogP contribution in [0.3, 0.4) is 0 Å². The summed E-state index contributed by atoms with van der Waals surface area (Å²) in [5.41, 5.74) is 0. The van der Waals surface area contributed by atoms with Crippen molar-refractivity contribution in [3.8, 4) is 12.0 Å². The van der Waals surface area contributed by atoms with E-state index in [9.17, 15) is 4.79 Å². The van der Waals surface area contributed by atoms with E-state index >= 15 is 0 Å². The van der Waals surface area contributed by atoms with Crippen LogP contribution in [-0.4, -0.2) is 50.0 Å². The van der Waals surface area contributed by atoms with Crippen molar-refractivity contribution in [1.29, 1.82) is 0 Å². The molecule has 0 aliphatic heterocycles. The fourth-order valence-corrected chi connectivity index (χ4v) is 2.66. The highest BCUT2D eigenvalue weighted by atomic mass is 16.5. The van der Waals surface area contributed by atoms with E-state index in [1.807, 2.05) is 0 Å². The molecule has 1 fully saturated rings. The van der Waals surface area contributed by atoms with Gasteiger partial charge in [0.15, 0.2) is 0 Å². The molecule has 0 amide bonds. The first kappa shape index (κ1) is 17.1. The molecule has 0 aromatic carbocycles. The van der Waals surface area contributed by atoms with E-state index in [-0.39, 0.29) is 30.6 Å². The second kappa shape index (κ2) is 8.41. The number of nitrogens with zero attached hydrogens (tertiary/aromatic N) is 5.